The molecule has 1 aromatic heterocycles. The Balaban J connectivity index is 1.72. The van der Waals surface area contributed by atoms with Crippen LogP contribution in [0.1, 0.15) is 54.4 Å². The van der Waals surface area contributed by atoms with Crippen molar-refractivity contribution < 1.29 is 4.79 Å². The highest BCUT2D eigenvalue weighted by Gasteiger charge is 2.46. The summed E-state index contributed by atoms with van der Waals surface area (Å²) >= 11 is 0. The van der Waals surface area contributed by atoms with E-state index < -0.39 is 5.54 Å². The maximum absolute atomic E-state index is 12.3. The van der Waals surface area contributed by atoms with E-state index in [4.69, 9.17) is 4.99 Å². The fourth-order valence-electron chi connectivity index (χ4n) is 5.07. The molecular formula is C27H29N3O2. The second-order valence-electron chi connectivity index (χ2n) is 8.40. The van der Waals surface area contributed by atoms with E-state index in [9.17, 15) is 9.59 Å². The van der Waals surface area contributed by atoms with Crippen molar-refractivity contribution in [2.24, 2.45) is 10.9 Å². The van der Waals surface area contributed by atoms with Gasteiger partial charge in [0.1, 0.15) is 5.54 Å². The zero-order valence-electron chi connectivity index (χ0n) is 18.8. The van der Waals surface area contributed by atoms with Gasteiger partial charge in [-0.1, -0.05) is 42.0 Å². The van der Waals surface area contributed by atoms with Crippen LogP contribution in [0.3, 0.4) is 0 Å². The molecule has 32 heavy (non-hydrogen) atoms. The van der Waals surface area contributed by atoms with E-state index in [2.05, 4.69) is 36.3 Å². The summed E-state index contributed by atoms with van der Waals surface area (Å²) in [4.78, 5) is 32.4. The summed E-state index contributed by atoms with van der Waals surface area (Å²) in [5, 5.41) is 2.86. The number of amides is 1. The van der Waals surface area contributed by atoms with Crippen molar-refractivity contribution in [3.8, 4) is 0 Å². The summed E-state index contributed by atoms with van der Waals surface area (Å²) in [6, 6.07) is 11.1. The van der Waals surface area contributed by atoms with Crippen LogP contribution in [0.15, 0.2) is 75.6 Å². The third kappa shape index (κ3) is 3.91. The first-order valence-electron chi connectivity index (χ1n) is 11.1. The van der Waals surface area contributed by atoms with Gasteiger partial charge in [-0.3, -0.25) is 14.6 Å². The highest BCUT2D eigenvalue weighted by atomic mass is 16.1. The number of fused-ring (bicyclic) bond motifs is 4. The van der Waals surface area contributed by atoms with Crippen molar-refractivity contribution >= 4 is 18.2 Å². The largest absolute Gasteiger partial charge is 0.352 e. The van der Waals surface area contributed by atoms with Gasteiger partial charge in [0.25, 0.3) is 5.91 Å². The number of nitrogens with one attached hydrogen (secondary N) is 2. The van der Waals surface area contributed by atoms with E-state index in [-0.39, 0.29) is 17.4 Å². The summed E-state index contributed by atoms with van der Waals surface area (Å²) < 4.78 is 0. The van der Waals surface area contributed by atoms with Crippen LogP contribution in [0.4, 0.5) is 0 Å². The Labute approximate surface area is 188 Å². The zero-order valence-corrected chi connectivity index (χ0v) is 18.8. The first kappa shape index (κ1) is 21.8. The fourth-order valence-corrected chi connectivity index (χ4v) is 5.07. The molecule has 4 rings (SSSR count). The minimum atomic E-state index is -0.514. The molecule has 2 aliphatic carbocycles. The average Bonchev–Trinajstić information content (AvgIpc) is 2.76. The van der Waals surface area contributed by atoms with Crippen LogP contribution in [0.2, 0.25) is 0 Å². The molecule has 0 spiro atoms. The van der Waals surface area contributed by atoms with Crippen molar-refractivity contribution in [3.63, 3.8) is 0 Å². The van der Waals surface area contributed by atoms with E-state index in [1.54, 1.807) is 6.07 Å². The lowest BCUT2D eigenvalue weighted by atomic mass is 9.63. The maximum Gasteiger partial charge on any atom is 0.251 e. The van der Waals surface area contributed by atoms with Gasteiger partial charge in [-0.2, -0.15) is 0 Å². The number of aliphatic imine (C=N–C) groups is 1. The quantitative estimate of drug-likeness (QED) is 0.542. The third-order valence-electron chi connectivity index (χ3n) is 6.28. The summed E-state index contributed by atoms with van der Waals surface area (Å²) in [6.45, 7) is 6.71. The number of carbonyl (C=O) groups is 1. The molecule has 0 saturated carbocycles. The second-order valence-corrected chi connectivity index (χ2v) is 8.40. The predicted octanol–water partition coefficient (Wildman–Crippen LogP) is 4.57. The Morgan fingerprint density at radius 3 is 2.88 bits per heavy atom. The van der Waals surface area contributed by atoms with Gasteiger partial charge in [-0.15, -0.1) is 0 Å². The van der Waals surface area contributed by atoms with Crippen LogP contribution in [0.25, 0.3) is 6.08 Å². The highest BCUT2D eigenvalue weighted by molar-refractivity contribution is 5.98. The molecule has 2 bridgehead atoms. The Kier molecular flexibility index (Phi) is 6.08. The number of aromatic nitrogens is 1. The third-order valence-corrected chi connectivity index (χ3v) is 6.28. The molecule has 1 aromatic carbocycles. The average molecular weight is 428 g/mol. The van der Waals surface area contributed by atoms with E-state index in [1.165, 1.54) is 11.1 Å². The number of carbonyl (C=O) groups excluding carboxylic acids is 1. The van der Waals surface area contributed by atoms with Crippen molar-refractivity contribution in [1.29, 1.82) is 0 Å². The molecule has 0 radical (unpaired) electrons. The number of benzene rings is 1. The molecule has 5 heteroatoms. The van der Waals surface area contributed by atoms with Crippen LogP contribution in [0, 0.1) is 5.92 Å². The number of hydrogen-bond donors (Lipinski definition) is 2. The second kappa shape index (κ2) is 8.95. The predicted molar refractivity (Wildman–Crippen MR) is 130 cm³/mol. The molecule has 0 unspecified atom stereocenters. The molecule has 2 aliphatic rings. The van der Waals surface area contributed by atoms with Gasteiger partial charge in [0.15, 0.2) is 0 Å². The molecule has 1 heterocycles. The van der Waals surface area contributed by atoms with Crippen LogP contribution in [-0.4, -0.2) is 23.7 Å². The van der Waals surface area contributed by atoms with Crippen molar-refractivity contribution in [3.05, 3.63) is 98.5 Å². The Bertz CT molecular complexity index is 1220. The van der Waals surface area contributed by atoms with Crippen molar-refractivity contribution in [2.45, 2.75) is 39.2 Å². The lowest BCUT2D eigenvalue weighted by Gasteiger charge is -2.45. The van der Waals surface area contributed by atoms with Gasteiger partial charge in [0.2, 0.25) is 5.56 Å². The minimum absolute atomic E-state index is 0.0764. The van der Waals surface area contributed by atoms with E-state index in [1.807, 2.05) is 55.6 Å². The summed E-state index contributed by atoms with van der Waals surface area (Å²) in [7, 11) is 0. The number of rotatable bonds is 5. The number of pyridine rings is 1. The van der Waals surface area contributed by atoms with Gasteiger partial charge < -0.3 is 10.3 Å². The Morgan fingerprint density at radius 2 is 2.09 bits per heavy atom. The van der Waals surface area contributed by atoms with Crippen molar-refractivity contribution in [2.75, 3.05) is 6.54 Å². The van der Waals surface area contributed by atoms with Gasteiger partial charge >= 0.3 is 0 Å². The van der Waals surface area contributed by atoms with E-state index in [0.29, 0.717) is 12.1 Å². The monoisotopic (exact) mass is 427 g/mol. The molecule has 5 nitrogen and oxygen atoms in total. The number of aromatic amines is 1. The minimum Gasteiger partial charge on any atom is -0.352 e. The molecule has 2 N–H and O–H groups in total. The lowest BCUT2D eigenvalue weighted by Crippen LogP contribution is -2.40. The molecule has 0 aliphatic heterocycles. The molecule has 164 valence electrons. The maximum atomic E-state index is 12.3. The molecule has 1 amide bonds. The lowest BCUT2D eigenvalue weighted by molar-refractivity contribution is 0.0955. The van der Waals surface area contributed by atoms with Crippen LogP contribution in [0.5, 0.6) is 0 Å². The number of hydrogen-bond acceptors (Lipinski definition) is 3. The molecule has 0 fully saturated rings. The van der Waals surface area contributed by atoms with Crippen LogP contribution < -0.4 is 10.9 Å². The molecule has 0 saturated heterocycles. The van der Waals surface area contributed by atoms with Crippen molar-refractivity contribution in [1.82, 2.24) is 10.3 Å². The molecule has 2 aromatic rings. The normalized spacial score (nSPS) is 23.4. The first-order chi connectivity index (χ1) is 15.5. The SMILES string of the molecule is C/C=C1\[C@H]2C=C(C)C[C@]1(N=C/C=C/c1ccccc1C(=O)NCC)c1ccc(=O)[nH]c1C2. The summed E-state index contributed by atoms with van der Waals surface area (Å²) in [5.74, 6) is 0.152. The topological polar surface area (TPSA) is 74.3 Å². The van der Waals surface area contributed by atoms with Gasteiger partial charge in [-0.05, 0) is 56.5 Å². The zero-order chi connectivity index (χ0) is 22.7. The summed E-state index contributed by atoms with van der Waals surface area (Å²) in [6.07, 6.45) is 11.7. The van der Waals surface area contributed by atoms with E-state index in [0.717, 1.165) is 29.7 Å². The highest BCUT2D eigenvalue weighted by Crippen LogP contribution is 2.51. The first-order valence-corrected chi connectivity index (χ1v) is 11.1. The van der Waals surface area contributed by atoms with Gasteiger partial charge in [0, 0.05) is 48.0 Å². The summed E-state index contributed by atoms with van der Waals surface area (Å²) in [5.41, 5.74) is 5.52. The standard InChI is InChI=1S/C27H29N3O2/c1-4-22-20-15-18(3)17-27(22,23-12-13-25(31)30-24(23)16-20)29-14-8-10-19-9-6-7-11-21(19)26(32)28-5-2/h4,6-15,20H,5,16-17H2,1-3H3,(H,28,32)(H,30,31)/b10-8+,22-4+,29-14?/t20-,27+/m0/s1. The number of allylic oxidation sites excluding steroid dienone is 3. The molecule has 2 atom stereocenters. The van der Waals surface area contributed by atoms with Gasteiger partial charge in [0.05, 0.1) is 0 Å². The van der Waals surface area contributed by atoms with Crippen LogP contribution >= 0.6 is 0 Å². The fraction of sp³-hybridized carbons (Fsp3) is 0.296. The Hall–Kier alpha value is -3.47. The smallest absolute Gasteiger partial charge is 0.251 e. The van der Waals surface area contributed by atoms with Crippen LogP contribution in [-0.2, 0) is 12.0 Å². The Morgan fingerprint density at radius 1 is 1.28 bits per heavy atom. The van der Waals surface area contributed by atoms with Gasteiger partial charge in [-0.25, -0.2) is 0 Å². The molecular weight excluding hydrogens is 398 g/mol. The number of H-pyrrole nitrogens is 1. The number of nitrogens with zero attached hydrogens (tertiary/aromatic N) is 1. The van der Waals surface area contributed by atoms with E-state index >= 15 is 0 Å².